The van der Waals surface area contributed by atoms with Gasteiger partial charge in [0, 0.05) is 5.69 Å². The van der Waals surface area contributed by atoms with Crippen molar-refractivity contribution in [2.75, 3.05) is 11.9 Å². The van der Waals surface area contributed by atoms with Gasteiger partial charge in [0.1, 0.15) is 17.7 Å². The number of hydrogen-bond acceptors (Lipinski definition) is 2. The van der Waals surface area contributed by atoms with Crippen molar-refractivity contribution in [3.63, 3.8) is 0 Å². The Hall–Kier alpha value is -2.03. The zero-order chi connectivity index (χ0) is 16.7. The molecule has 2 aromatic carbocycles. The van der Waals surface area contributed by atoms with E-state index in [2.05, 4.69) is 38.2 Å². The van der Waals surface area contributed by atoms with Crippen LogP contribution in [-0.4, -0.2) is 12.6 Å². The molecule has 0 saturated heterocycles. The van der Waals surface area contributed by atoms with Crippen molar-refractivity contribution < 1.29 is 9.13 Å². The Balaban J connectivity index is 2.00. The summed E-state index contributed by atoms with van der Waals surface area (Å²) in [5.41, 5.74) is 2.17. The largest absolute Gasteiger partial charge is 0.488 e. The lowest BCUT2D eigenvalue weighted by Crippen LogP contribution is -2.26. The molecule has 2 unspecified atom stereocenters. The summed E-state index contributed by atoms with van der Waals surface area (Å²) in [5, 5.41) is 3.31. The average molecular weight is 315 g/mol. The molecule has 0 heterocycles. The van der Waals surface area contributed by atoms with E-state index < -0.39 is 0 Å². The fourth-order valence-electron chi connectivity index (χ4n) is 2.46. The molecule has 124 valence electrons. The number of nitrogens with one attached hydrogen (secondary N) is 1. The smallest absolute Gasteiger partial charge is 0.123 e. The zero-order valence-corrected chi connectivity index (χ0v) is 14.2. The van der Waals surface area contributed by atoms with E-state index in [-0.39, 0.29) is 11.9 Å². The highest BCUT2D eigenvalue weighted by Crippen LogP contribution is 2.29. The lowest BCUT2D eigenvalue weighted by molar-refractivity contribution is 0.207. The van der Waals surface area contributed by atoms with Gasteiger partial charge in [-0.1, -0.05) is 39.0 Å². The van der Waals surface area contributed by atoms with Crippen LogP contribution in [0.5, 0.6) is 5.75 Å². The molecule has 23 heavy (non-hydrogen) atoms. The molecule has 0 aromatic heterocycles. The quantitative estimate of drug-likeness (QED) is 0.683. The van der Waals surface area contributed by atoms with Crippen LogP contribution in [0, 0.1) is 5.82 Å². The summed E-state index contributed by atoms with van der Waals surface area (Å²) in [4.78, 5) is 0. The number of ether oxygens (including phenoxy) is 1. The molecule has 1 N–H and O–H groups in total. The minimum atomic E-state index is -0.221. The second-order valence-corrected chi connectivity index (χ2v) is 5.88. The Bertz CT molecular complexity index is 597. The summed E-state index contributed by atoms with van der Waals surface area (Å²) in [6, 6.07) is 14.7. The maximum absolute atomic E-state index is 12.9. The minimum Gasteiger partial charge on any atom is -0.488 e. The second-order valence-electron chi connectivity index (χ2n) is 5.88. The van der Waals surface area contributed by atoms with Gasteiger partial charge < -0.3 is 10.1 Å². The summed E-state index contributed by atoms with van der Waals surface area (Å²) < 4.78 is 19.2. The van der Waals surface area contributed by atoms with E-state index in [0.717, 1.165) is 24.3 Å². The fraction of sp³-hybridized carbons (Fsp3) is 0.400. The van der Waals surface area contributed by atoms with Gasteiger partial charge >= 0.3 is 0 Å². The molecular formula is C20H26FNO. The first kappa shape index (κ1) is 17.3. The van der Waals surface area contributed by atoms with E-state index in [1.54, 1.807) is 12.1 Å². The van der Waals surface area contributed by atoms with Gasteiger partial charge in [-0.15, -0.1) is 0 Å². The first-order chi connectivity index (χ1) is 11.1. The zero-order valence-electron chi connectivity index (χ0n) is 14.2. The number of halogens is 1. The lowest BCUT2D eigenvalue weighted by Gasteiger charge is -2.22. The first-order valence-corrected chi connectivity index (χ1v) is 8.39. The second kappa shape index (κ2) is 8.56. The summed E-state index contributed by atoms with van der Waals surface area (Å²) in [6.07, 6.45) is 2.07. The van der Waals surface area contributed by atoms with Crippen LogP contribution in [0.1, 0.15) is 45.1 Å². The van der Waals surface area contributed by atoms with Crippen LogP contribution in [0.25, 0.3) is 0 Å². The molecule has 2 nitrogen and oxygen atoms in total. The molecule has 0 amide bonds. The van der Waals surface area contributed by atoms with E-state index in [0.29, 0.717) is 12.5 Å². The van der Waals surface area contributed by atoms with E-state index in [1.807, 2.05) is 12.1 Å². The van der Waals surface area contributed by atoms with Crippen LogP contribution in [0.3, 0.4) is 0 Å². The molecule has 0 aliphatic heterocycles. The molecule has 0 saturated carbocycles. The summed E-state index contributed by atoms with van der Waals surface area (Å²) >= 11 is 0. The molecular weight excluding hydrogens is 289 g/mol. The third-order valence-corrected chi connectivity index (χ3v) is 4.19. The standard InChI is InChI=1S/C20H26FNO/c1-4-15(3)19-8-6-7-9-20(19)23-18(5-2)14-22-17-12-10-16(21)11-13-17/h6-13,15,18,22H,4-5,14H2,1-3H3. The fourth-order valence-corrected chi connectivity index (χ4v) is 2.46. The highest BCUT2D eigenvalue weighted by Gasteiger charge is 2.14. The Morgan fingerprint density at radius 2 is 1.70 bits per heavy atom. The minimum absolute atomic E-state index is 0.0743. The third-order valence-electron chi connectivity index (χ3n) is 4.19. The first-order valence-electron chi connectivity index (χ1n) is 8.39. The van der Waals surface area contributed by atoms with E-state index in [1.165, 1.54) is 17.7 Å². The van der Waals surface area contributed by atoms with Crippen molar-refractivity contribution in [1.82, 2.24) is 0 Å². The Morgan fingerprint density at radius 3 is 2.35 bits per heavy atom. The Kier molecular flexibility index (Phi) is 6.45. The molecule has 0 aliphatic rings. The van der Waals surface area contributed by atoms with Gasteiger partial charge in [0.25, 0.3) is 0 Å². The normalized spacial score (nSPS) is 13.4. The molecule has 0 spiro atoms. The Morgan fingerprint density at radius 1 is 1.00 bits per heavy atom. The van der Waals surface area contributed by atoms with Gasteiger partial charge in [0.05, 0.1) is 6.54 Å². The van der Waals surface area contributed by atoms with Crippen molar-refractivity contribution in [2.24, 2.45) is 0 Å². The van der Waals surface area contributed by atoms with Crippen LogP contribution in [0.2, 0.25) is 0 Å². The van der Waals surface area contributed by atoms with E-state index in [4.69, 9.17) is 4.74 Å². The maximum Gasteiger partial charge on any atom is 0.123 e. The SMILES string of the molecule is CCC(CNc1ccc(F)cc1)Oc1ccccc1C(C)CC. The number of anilines is 1. The van der Waals surface area contributed by atoms with Gasteiger partial charge in [-0.05, 0) is 54.7 Å². The van der Waals surface area contributed by atoms with Gasteiger partial charge in [-0.3, -0.25) is 0 Å². The van der Waals surface area contributed by atoms with Crippen LogP contribution in [0.4, 0.5) is 10.1 Å². The van der Waals surface area contributed by atoms with Gasteiger partial charge in [-0.2, -0.15) is 0 Å². The predicted octanol–water partition coefficient (Wildman–Crippen LogP) is 5.61. The van der Waals surface area contributed by atoms with Crippen LogP contribution >= 0.6 is 0 Å². The van der Waals surface area contributed by atoms with Crippen LogP contribution < -0.4 is 10.1 Å². The monoisotopic (exact) mass is 315 g/mol. The van der Waals surface area contributed by atoms with Gasteiger partial charge in [0.15, 0.2) is 0 Å². The molecule has 2 atom stereocenters. The number of benzene rings is 2. The van der Waals surface area contributed by atoms with Crippen molar-refractivity contribution in [1.29, 1.82) is 0 Å². The van der Waals surface area contributed by atoms with E-state index >= 15 is 0 Å². The summed E-state index contributed by atoms with van der Waals surface area (Å²) in [6.45, 7) is 7.22. The Labute approximate surface area is 138 Å². The molecule has 0 bridgehead atoms. The summed E-state index contributed by atoms with van der Waals surface area (Å²) in [5.74, 6) is 1.23. The van der Waals surface area contributed by atoms with Gasteiger partial charge in [0.2, 0.25) is 0 Å². The molecule has 3 heteroatoms. The van der Waals surface area contributed by atoms with Crippen molar-refractivity contribution in [2.45, 2.75) is 45.6 Å². The maximum atomic E-state index is 12.9. The molecule has 0 aliphatic carbocycles. The third kappa shape index (κ3) is 4.98. The highest BCUT2D eigenvalue weighted by atomic mass is 19.1. The average Bonchev–Trinajstić information content (AvgIpc) is 2.59. The topological polar surface area (TPSA) is 21.3 Å². The molecule has 0 fully saturated rings. The number of para-hydroxylation sites is 1. The number of hydrogen-bond donors (Lipinski definition) is 1. The highest BCUT2D eigenvalue weighted by molar-refractivity contribution is 5.43. The molecule has 0 radical (unpaired) electrons. The predicted molar refractivity (Wildman–Crippen MR) is 94.7 cm³/mol. The van der Waals surface area contributed by atoms with Crippen molar-refractivity contribution in [3.05, 3.63) is 59.9 Å². The van der Waals surface area contributed by atoms with Crippen LogP contribution in [0.15, 0.2) is 48.5 Å². The van der Waals surface area contributed by atoms with Crippen molar-refractivity contribution in [3.8, 4) is 5.75 Å². The van der Waals surface area contributed by atoms with Crippen molar-refractivity contribution >= 4 is 5.69 Å². The lowest BCUT2D eigenvalue weighted by atomic mass is 9.98. The van der Waals surface area contributed by atoms with Crippen LogP contribution in [-0.2, 0) is 0 Å². The molecule has 2 rings (SSSR count). The van der Waals surface area contributed by atoms with Gasteiger partial charge in [-0.25, -0.2) is 4.39 Å². The van der Waals surface area contributed by atoms with E-state index in [9.17, 15) is 4.39 Å². The number of rotatable bonds is 8. The molecule has 2 aromatic rings. The summed E-state index contributed by atoms with van der Waals surface area (Å²) in [7, 11) is 0.